The first-order chi connectivity index (χ1) is 7.34. The van der Waals surface area contributed by atoms with Gasteiger partial charge in [0.05, 0.1) is 6.10 Å². The average Bonchev–Trinajstić information content (AvgIpc) is 2.84. The molecule has 1 aliphatic carbocycles. The predicted octanol–water partition coefficient (Wildman–Crippen LogP) is 2.04. The first-order valence-electron chi connectivity index (χ1n) is 5.42. The van der Waals surface area contributed by atoms with Gasteiger partial charge < -0.3 is 14.6 Å². The Morgan fingerprint density at radius 1 is 1.13 bits per heavy atom. The van der Waals surface area contributed by atoms with Crippen molar-refractivity contribution in [2.45, 2.75) is 31.3 Å². The fraction of sp³-hybridized carbons (Fsp3) is 0.500. The van der Waals surface area contributed by atoms with Crippen molar-refractivity contribution in [1.82, 2.24) is 0 Å². The molecule has 2 atom stereocenters. The summed E-state index contributed by atoms with van der Waals surface area (Å²) in [5, 5.41) is 9.82. The number of ether oxygens (including phenoxy) is 2. The van der Waals surface area contributed by atoms with Crippen LogP contribution in [-0.4, -0.2) is 18.0 Å². The number of benzene rings is 1. The lowest BCUT2D eigenvalue weighted by molar-refractivity contribution is 0.163. The predicted molar refractivity (Wildman–Crippen MR) is 55.2 cm³/mol. The van der Waals surface area contributed by atoms with Crippen LogP contribution in [0, 0.1) is 0 Å². The standard InChI is InChI=1S/C12H14O3/c13-10-3-1-2-9(10)8-4-5-11-12(6-8)15-7-14-11/h4-6,9-10,13H,1-3,7H2/t9-,10+/m1/s1. The van der Waals surface area contributed by atoms with E-state index < -0.39 is 0 Å². The second-order valence-corrected chi connectivity index (χ2v) is 4.22. The number of aliphatic hydroxyl groups is 1. The molecule has 1 heterocycles. The van der Waals surface area contributed by atoms with Gasteiger partial charge in [0.2, 0.25) is 6.79 Å². The Hall–Kier alpha value is -1.22. The van der Waals surface area contributed by atoms with Gasteiger partial charge in [0.25, 0.3) is 0 Å². The number of aliphatic hydroxyl groups excluding tert-OH is 1. The molecule has 1 aromatic carbocycles. The van der Waals surface area contributed by atoms with Crippen molar-refractivity contribution in [3.05, 3.63) is 23.8 Å². The molecule has 1 fully saturated rings. The second kappa shape index (κ2) is 3.42. The minimum atomic E-state index is -0.189. The summed E-state index contributed by atoms with van der Waals surface area (Å²) in [5.41, 5.74) is 1.17. The van der Waals surface area contributed by atoms with Crippen molar-refractivity contribution >= 4 is 0 Å². The fourth-order valence-electron chi connectivity index (χ4n) is 2.47. The van der Waals surface area contributed by atoms with Gasteiger partial charge in [-0.1, -0.05) is 12.5 Å². The lowest BCUT2D eigenvalue weighted by Gasteiger charge is -2.14. The Morgan fingerprint density at radius 3 is 2.80 bits per heavy atom. The van der Waals surface area contributed by atoms with Crippen LogP contribution < -0.4 is 9.47 Å². The molecule has 1 aliphatic heterocycles. The van der Waals surface area contributed by atoms with Gasteiger partial charge in [-0.3, -0.25) is 0 Å². The quantitative estimate of drug-likeness (QED) is 0.764. The highest BCUT2D eigenvalue weighted by atomic mass is 16.7. The summed E-state index contributed by atoms with van der Waals surface area (Å²) in [6.07, 6.45) is 2.91. The third kappa shape index (κ3) is 1.47. The van der Waals surface area contributed by atoms with Crippen LogP contribution in [0.25, 0.3) is 0 Å². The van der Waals surface area contributed by atoms with Crippen molar-refractivity contribution < 1.29 is 14.6 Å². The van der Waals surface area contributed by atoms with E-state index in [0.29, 0.717) is 6.79 Å². The third-order valence-electron chi connectivity index (χ3n) is 3.30. The van der Waals surface area contributed by atoms with E-state index in [4.69, 9.17) is 9.47 Å². The average molecular weight is 206 g/mol. The molecule has 0 saturated heterocycles. The van der Waals surface area contributed by atoms with E-state index in [-0.39, 0.29) is 12.0 Å². The fourth-order valence-corrected chi connectivity index (χ4v) is 2.47. The summed E-state index contributed by atoms with van der Waals surface area (Å²) in [4.78, 5) is 0. The van der Waals surface area contributed by atoms with Gasteiger partial charge in [-0.15, -0.1) is 0 Å². The molecule has 1 saturated carbocycles. The Labute approximate surface area is 88.6 Å². The molecule has 15 heavy (non-hydrogen) atoms. The molecule has 0 spiro atoms. The first kappa shape index (κ1) is 9.04. The number of hydrogen-bond acceptors (Lipinski definition) is 3. The van der Waals surface area contributed by atoms with Gasteiger partial charge >= 0.3 is 0 Å². The summed E-state index contributed by atoms with van der Waals surface area (Å²) in [6, 6.07) is 5.97. The molecule has 80 valence electrons. The van der Waals surface area contributed by atoms with Gasteiger partial charge in [0.1, 0.15) is 0 Å². The SMILES string of the molecule is O[C@H]1CCC[C@@H]1c1ccc2c(c1)OCO2. The molecule has 1 N–H and O–H groups in total. The van der Waals surface area contributed by atoms with Gasteiger partial charge in [-0.2, -0.15) is 0 Å². The van der Waals surface area contributed by atoms with Crippen LogP contribution >= 0.6 is 0 Å². The maximum atomic E-state index is 9.82. The molecular weight excluding hydrogens is 192 g/mol. The summed E-state index contributed by atoms with van der Waals surface area (Å²) in [6.45, 7) is 0.312. The molecule has 3 nitrogen and oxygen atoms in total. The van der Waals surface area contributed by atoms with E-state index in [2.05, 4.69) is 0 Å². The van der Waals surface area contributed by atoms with Crippen LogP contribution in [0.2, 0.25) is 0 Å². The number of rotatable bonds is 1. The van der Waals surface area contributed by atoms with Gasteiger partial charge in [-0.05, 0) is 30.5 Å². The maximum absolute atomic E-state index is 9.82. The molecular formula is C12H14O3. The topological polar surface area (TPSA) is 38.7 Å². The highest BCUT2D eigenvalue weighted by molar-refractivity contribution is 5.45. The van der Waals surface area contributed by atoms with Crippen molar-refractivity contribution in [2.75, 3.05) is 6.79 Å². The smallest absolute Gasteiger partial charge is 0.231 e. The van der Waals surface area contributed by atoms with Crippen LogP contribution in [0.4, 0.5) is 0 Å². The van der Waals surface area contributed by atoms with Crippen molar-refractivity contribution in [3.8, 4) is 11.5 Å². The second-order valence-electron chi connectivity index (χ2n) is 4.22. The molecule has 0 amide bonds. The zero-order valence-corrected chi connectivity index (χ0v) is 8.48. The lowest BCUT2D eigenvalue weighted by Crippen LogP contribution is -2.10. The third-order valence-corrected chi connectivity index (χ3v) is 3.30. The number of hydrogen-bond donors (Lipinski definition) is 1. The Morgan fingerprint density at radius 2 is 2.00 bits per heavy atom. The van der Waals surface area contributed by atoms with Crippen LogP contribution in [0.1, 0.15) is 30.7 Å². The van der Waals surface area contributed by atoms with Gasteiger partial charge in [-0.25, -0.2) is 0 Å². The van der Waals surface area contributed by atoms with Crippen LogP contribution in [0.3, 0.4) is 0 Å². The summed E-state index contributed by atoms with van der Waals surface area (Å²) >= 11 is 0. The summed E-state index contributed by atoms with van der Waals surface area (Å²) < 4.78 is 10.6. The van der Waals surface area contributed by atoms with Crippen LogP contribution in [0.5, 0.6) is 11.5 Å². The first-order valence-corrected chi connectivity index (χ1v) is 5.42. The Kier molecular flexibility index (Phi) is 2.06. The molecule has 0 aromatic heterocycles. The Balaban J connectivity index is 1.92. The van der Waals surface area contributed by atoms with E-state index >= 15 is 0 Å². The molecule has 0 radical (unpaired) electrons. The van der Waals surface area contributed by atoms with Crippen molar-refractivity contribution in [3.63, 3.8) is 0 Å². The van der Waals surface area contributed by atoms with E-state index in [1.807, 2.05) is 18.2 Å². The highest BCUT2D eigenvalue weighted by Crippen LogP contribution is 2.39. The van der Waals surface area contributed by atoms with E-state index in [1.165, 1.54) is 5.56 Å². The zero-order chi connectivity index (χ0) is 10.3. The lowest BCUT2D eigenvalue weighted by atomic mass is 9.95. The monoisotopic (exact) mass is 206 g/mol. The minimum absolute atomic E-state index is 0.189. The van der Waals surface area contributed by atoms with E-state index in [1.54, 1.807) is 0 Å². The molecule has 3 rings (SSSR count). The summed E-state index contributed by atoms with van der Waals surface area (Å²) in [5.74, 6) is 1.90. The zero-order valence-electron chi connectivity index (χ0n) is 8.48. The van der Waals surface area contributed by atoms with Crippen molar-refractivity contribution in [1.29, 1.82) is 0 Å². The Bertz CT molecular complexity index is 375. The van der Waals surface area contributed by atoms with Crippen LogP contribution in [-0.2, 0) is 0 Å². The van der Waals surface area contributed by atoms with Gasteiger partial charge in [0.15, 0.2) is 11.5 Å². The molecule has 1 aromatic rings. The molecule has 3 heteroatoms. The molecule has 0 unspecified atom stereocenters. The van der Waals surface area contributed by atoms with Gasteiger partial charge in [0, 0.05) is 5.92 Å². The van der Waals surface area contributed by atoms with Crippen LogP contribution in [0.15, 0.2) is 18.2 Å². The largest absolute Gasteiger partial charge is 0.454 e. The normalized spacial score (nSPS) is 28.3. The van der Waals surface area contributed by atoms with E-state index in [9.17, 15) is 5.11 Å². The highest BCUT2D eigenvalue weighted by Gasteiger charge is 2.28. The molecule has 2 aliphatic rings. The number of fused-ring (bicyclic) bond motifs is 1. The summed E-state index contributed by atoms with van der Waals surface area (Å²) in [7, 11) is 0. The minimum Gasteiger partial charge on any atom is -0.454 e. The van der Waals surface area contributed by atoms with E-state index in [0.717, 1.165) is 30.8 Å². The van der Waals surface area contributed by atoms with Crippen molar-refractivity contribution in [2.24, 2.45) is 0 Å². The molecule has 0 bridgehead atoms. The maximum Gasteiger partial charge on any atom is 0.231 e.